The summed E-state index contributed by atoms with van der Waals surface area (Å²) in [6, 6.07) is 12.5. The maximum absolute atomic E-state index is 12.3. The van der Waals surface area contributed by atoms with Crippen molar-refractivity contribution in [3.05, 3.63) is 60.0 Å². The fraction of sp³-hybridized carbons (Fsp3) is 0.158. The van der Waals surface area contributed by atoms with Crippen molar-refractivity contribution in [3.8, 4) is 16.9 Å². The number of amides is 2. The van der Waals surface area contributed by atoms with E-state index in [1.54, 1.807) is 24.3 Å². The summed E-state index contributed by atoms with van der Waals surface area (Å²) in [6.07, 6.45) is 0. The number of anilines is 2. The minimum Gasteiger partial charge on any atom is -0.435 e. The largest absolute Gasteiger partial charge is 0.435 e. The zero-order valence-electron chi connectivity index (χ0n) is 14.6. The zero-order chi connectivity index (χ0) is 19.4. The van der Waals surface area contributed by atoms with Crippen LogP contribution in [0.5, 0.6) is 5.75 Å². The summed E-state index contributed by atoms with van der Waals surface area (Å²) in [4.78, 5) is 12.2. The molecule has 2 N–H and O–H groups in total. The fourth-order valence-corrected chi connectivity index (χ4v) is 2.69. The number of benzene rings is 2. The van der Waals surface area contributed by atoms with Gasteiger partial charge in [0.2, 0.25) is 0 Å². The van der Waals surface area contributed by atoms with Gasteiger partial charge in [-0.15, -0.1) is 0 Å². The van der Waals surface area contributed by atoms with E-state index in [0.717, 1.165) is 16.8 Å². The van der Waals surface area contributed by atoms with Gasteiger partial charge in [-0.2, -0.15) is 8.78 Å². The molecule has 0 fully saturated rings. The molecule has 0 bridgehead atoms. The molecule has 0 saturated carbocycles. The molecule has 0 aliphatic rings. The topological polar surface area (TPSA) is 76.4 Å². The lowest BCUT2D eigenvalue weighted by atomic mass is 10.0. The minimum atomic E-state index is -2.93. The Morgan fingerprint density at radius 2 is 1.74 bits per heavy atom. The van der Waals surface area contributed by atoms with Crippen molar-refractivity contribution in [2.45, 2.75) is 20.5 Å². The summed E-state index contributed by atoms with van der Waals surface area (Å²) in [5.41, 5.74) is 3.37. The lowest BCUT2D eigenvalue weighted by Crippen LogP contribution is -2.19. The van der Waals surface area contributed by atoms with E-state index in [9.17, 15) is 13.6 Å². The highest BCUT2D eigenvalue weighted by atomic mass is 19.3. The summed E-state index contributed by atoms with van der Waals surface area (Å²) < 4.78 is 34.0. The SMILES string of the molecule is Cc1noc(C)c1-c1cccc(NC(=O)Nc2cccc(OC(F)F)c2)c1. The molecule has 6 nitrogen and oxygen atoms in total. The van der Waals surface area contributed by atoms with Gasteiger partial charge in [0.15, 0.2) is 0 Å². The number of carbonyl (C=O) groups is 1. The molecule has 1 aromatic heterocycles. The van der Waals surface area contributed by atoms with E-state index in [-0.39, 0.29) is 5.75 Å². The first-order valence-corrected chi connectivity index (χ1v) is 8.08. The molecule has 0 saturated heterocycles. The van der Waals surface area contributed by atoms with E-state index in [1.807, 2.05) is 19.9 Å². The van der Waals surface area contributed by atoms with E-state index in [1.165, 1.54) is 18.2 Å². The minimum absolute atomic E-state index is 0.0387. The quantitative estimate of drug-likeness (QED) is 0.644. The van der Waals surface area contributed by atoms with Crippen LogP contribution in [0, 0.1) is 13.8 Å². The van der Waals surface area contributed by atoms with Crippen LogP contribution in [0.2, 0.25) is 0 Å². The predicted octanol–water partition coefficient (Wildman–Crippen LogP) is 5.20. The molecule has 140 valence electrons. The monoisotopic (exact) mass is 373 g/mol. The van der Waals surface area contributed by atoms with Gasteiger partial charge < -0.3 is 19.9 Å². The van der Waals surface area contributed by atoms with Crippen molar-refractivity contribution in [2.24, 2.45) is 0 Å². The highest BCUT2D eigenvalue weighted by molar-refractivity contribution is 6.00. The van der Waals surface area contributed by atoms with Crippen molar-refractivity contribution < 1.29 is 22.8 Å². The average Bonchev–Trinajstić information content (AvgIpc) is 2.93. The van der Waals surface area contributed by atoms with E-state index < -0.39 is 12.6 Å². The molecule has 3 rings (SSSR count). The number of rotatable bonds is 5. The number of aromatic nitrogens is 1. The molecule has 1 heterocycles. The second-order valence-electron chi connectivity index (χ2n) is 5.77. The Balaban J connectivity index is 1.71. The summed E-state index contributed by atoms with van der Waals surface area (Å²) >= 11 is 0. The van der Waals surface area contributed by atoms with Crippen LogP contribution >= 0.6 is 0 Å². The van der Waals surface area contributed by atoms with Crippen LogP contribution in [0.25, 0.3) is 11.1 Å². The second-order valence-corrected chi connectivity index (χ2v) is 5.77. The van der Waals surface area contributed by atoms with Crippen LogP contribution < -0.4 is 15.4 Å². The van der Waals surface area contributed by atoms with E-state index in [2.05, 4.69) is 20.5 Å². The third kappa shape index (κ3) is 4.60. The number of urea groups is 1. The Kier molecular flexibility index (Phi) is 5.35. The first-order chi connectivity index (χ1) is 12.9. The van der Waals surface area contributed by atoms with Gasteiger partial charge in [0, 0.05) is 23.0 Å². The van der Waals surface area contributed by atoms with E-state index >= 15 is 0 Å². The standard InChI is InChI=1S/C19H17F2N3O3/c1-11-17(12(2)27-24-11)13-5-3-6-14(9-13)22-19(25)23-15-7-4-8-16(10-15)26-18(20)21/h3-10,18H,1-2H3,(H2,22,23,25). The molecule has 0 unspecified atom stereocenters. The van der Waals surface area contributed by atoms with Gasteiger partial charge in [-0.05, 0) is 43.7 Å². The molecule has 8 heteroatoms. The van der Waals surface area contributed by atoms with Gasteiger partial charge >= 0.3 is 12.6 Å². The zero-order valence-corrected chi connectivity index (χ0v) is 14.6. The maximum Gasteiger partial charge on any atom is 0.387 e. The van der Waals surface area contributed by atoms with Gasteiger partial charge in [0.05, 0.1) is 5.69 Å². The average molecular weight is 373 g/mol. The van der Waals surface area contributed by atoms with Crippen molar-refractivity contribution in [1.82, 2.24) is 5.16 Å². The molecule has 0 aliphatic heterocycles. The number of hydrogen-bond donors (Lipinski definition) is 2. The van der Waals surface area contributed by atoms with Crippen LogP contribution in [0.1, 0.15) is 11.5 Å². The highest BCUT2D eigenvalue weighted by Gasteiger charge is 2.12. The summed E-state index contributed by atoms with van der Waals surface area (Å²) in [5, 5.41) is 9.20. The van der Waals surface area contributed by atoms with Crippen LogP contribution in [0.15, 0.2) is 53.1 Å². The molecular formula is C19H17F2N3O3. The lowest BCUT2D eigenvalue weighted by molar-refractivity contribution is -0.0497. The molecular weight excluding hydrogens is 356 g/mol. The van der Waals surface area contributed by atoms with Gasteiger partial charge in [-0.3, -0.25) is 0 Å². The Bertz CT molecular complexity index is 937. The van der Waals surface area contributed by atoms with E-state index in [0.29, 0.717) is 17.1 Å². The highest BCUT2D eigenvalue weighted by Crippen LogP contribution is 2.28. The van der Waals surface area contributed by atoms with Crippen molar-refractivity contribution in [2.75, 3.05) is 10.6 Å². The number of nitrogens with one attached hydrogen (secondary N) is 2. The number of nitrogens with zero attached hydrogens (tertiary/aromatic N) is 1. The number of ether oxygens (including phenoxy) is 1. The molecule has 0 spiro atoms. The fourth-order valence-electron chi connectivity index (χ4n) is 2.69. The van der Waals surface area contributed by atoms with Gasteiger partial charge in [-0.25, -0.2) is 4.79 Å². The Hall–Kier alpha value is -3.42. The van der Waals surface area contributed by atoms with Gasteiger partial charge in [0.1, 0.15) is 11.5 Å². The molecule has 0 radical (unpaired) electrons. The molecule has 0 aliphatic carbocycles. The normalized spacial score (nSPS) is 10.7. The van der Waals surface area contributed by atoms with Crippen molar-refractivity contribution >= 4 is 17.4 Å². The molecule has 2 amide bonds. The number of halogens is 2. The molecule has 2 aromatic carbocycles. The lowest BCUT2D eigenvalue weighted by Gasteiger charge is -2.10. The first kappa shape index (κ1) is 18.4. The predicted molar refractivity (Wildman–Crippen MR) is 97.1 cm³/mol. The number of aryl methyl sites for hydroxylation is 2. The van der Waals surface area contributed by atoms with Crippen LogP contribution in [0.4, 0.5) is 25.0 Å². The van der Waals surface area contributed by atoms with E-state index in [4.69, 9.17) is 4.52 Å². The molecule has 27 heavy (non-hydrogen) atoms. The Morgan fingerprint density at radius 3 is 2.37 bits per heavy atom. The van der Waals surface area contributed by atoms with Crippen LogP contribution in [0.3, 0.4) is 0 Å². The third-order valence-corrected chi connectivity index (χ3v) is 3.76. The summed E-state index contributed by atoms with van der Waals surface area (Å²) in [6.45, 7) is 0.727. The number of carbonyl (C=O) groups excluding carboxylic acids is 1. The smallest absolute Gasteiger partial charge is 0.387 e. The second kappa shape index (κ2) is 7.86. The number of hydrogen-bond acceptors (Lipinski definition) is 4. The molecule has 0 atom stereocenters. The van der Waals surface area contributed by atoms with Crippen LogP contribution in [-0.2, 0) is 0 Å². The van der Waals surface area contributed by atoms with Crippen molar-refractivity contribution in [3.63, 3.8) is 0 Å². The summed E-state index contributed by atoms with van der Waals surface area (Å²) in [5.74, 6) is 0.646. The number of alkyl halides is 2. The van der Waals surface area contributed by atoms with Crippen molar-refractivity contribution in [1.29, 1.82) is 0 Å². The van der Waals surface area contributed by atoms with Gasteiger partial charge in [-0.1, -0.05) is 23.4 Å². The Labute approximate surface area is 154 Å². The van der Waals surface area contributed by atoms with Gasteiger partial charge in [0.25, 0.3) is 0 Å². The summed E-state index contributed by atoms with van der Waals surface area (Å²) in [7, 11) is 0. The van der Waals surface area contributed by atoms with Crippen LogP contribution in [-0.4, -0.2) is 17.8 Å². The molecule has 3 aromatic rings. The maximum atomic E-state index is 12.3. The Morgan fingerprint density at radius 1 is 1.07 bits per heavy atom. The first-order valence-electron chi connectivity index (χ1n) is 8.08. The third-order valence-electron chi connectivity index (χ3n) is 3.76.